The quantitative estimate of drug-likeness (QED) is 0.790. The molecule has 0 atom stereocenters. The first-order valence-electron chi connectivity index (χ1n) is 7.17. The summed E-state index contributed by atoms with van der Waals surface area (Å²) in [4.78, 5) is 17.1. The standard InChI is InChI=1S/C16H20ClN3O2/c1-5-22-15-18-13(12-9-7-6-8-11(12)2)20(19-15)14(21)16(3,4)10-17/h6-9H,5,10H2,1-4H3. The molecule has 2 aromatic rings. The number of rotatable bonds is 5. The number of nitrogens with zero attached hydrogens (tertiary/aromatic N) is 3. The van der Waals surface area contributed by atoms with Crippen LogP contribution in [0.15, 0.2) is 24.3 Å². The number of carbonyl (C=O) groups is 1. The number of hydrogen-bond donors (Lipinski definition) is 0. The molecule has 0 aliphatic rings. The summed E-state index contributed by atoms with van der Waals surface area (Å²) in [6, 6.07) is 7.91. The van der Waals surface area contributed by atoms with Gasteiger partial charge >= 0.3 is 6.01 Å². The second kappa shape index (κ2) is 6.48. The fourth-order valence-electron chi connectivity index (χ4n) is 1.97. The highest BCUT2D eigenvalue weighted by Gasteiger charge is 2.32. The summed E-state index contributed by atoms with van der Waals surface area (Å²) in [5, 5.41) is 4.21. The van der Waals surface area contributed by atoms with Crippen molar-refractivity contribution in [2.45, 2.75) is 27.7 Å². The lowest BCUT2D eigenvalue weighted by Gasteiger charge is -2.19. The molecule has 0 N–H and O–H groups in total. The van der Waals surface area contributed by atoms with Gasteiger partial charge in [-0.2, -0.15) is 9.67 Å². The Morgan fingerprint density at radius 1 is 1.36 bits per heavy atom. The number of alkyl halides is 1. The number of hydrogen-bond acceptors (Lipinski definition) is 4. The van der Waals surface area contributed by atoms with Crippen LogP contribution >= 0.6 is 11.6 Å². The van der Waals surface area contributed by atoms with Gasteiger partial charge in [0.05, 0.1) is 12.0 Å². The van der Waals surface area contributed by atoms with Crippen molar-refractivity contribution in [2.24, 2.45) is 5.41 Å². The molecule has 5 nitrogen and oxygen atoms in total. The van der Waals surface area contributed by atoms with E-state index in [4.69, 9.17) is 16.3 Å². The van der Waals surface area contributed by atoms with Gasteiger partial charge in [0.15, 0.2) is 5.82 Å². The molecule has 2 rings (SSSR count). The number of carbonyl (C=O) groups excluding carboxylic acids is 1. The summed E-state index contributed by atoms with van der Waals surface area (Å²) in [6.07, 6.45) is 0. The van der Waals surface area contributed by atoms with E-state index < -0.39 is 5.41 Å². The Bertz CT molecular complexity index is 680. The molecule has 1 heterocycles. The van der Waals surface area contributed by atoms with E-state index in [-0.39, 0.29) is 17.8 Å². The van der Waals surface area contributed by atoms with Crippen LogP contribution in [0.3, 0.4) is 0 Å². The van der Waals surface area contributed by atoms with Gasteiger partial charge in [-0.25, -0.2) is 0 Å². The van der Waals surface area contributed by atoms with Crippen LogP contribution in [0.1, 0.15) is 31.1 Å². The van der Waals surface area contributed by atoms with Crippen molar-refractivity contribution >= 4 is 17.5 Å². The molecule has 0 spiro atoms. The number of aryl methyl sites for hydroxylation is 1. The number of halogens is 1. The van der Waals surface area contributed by atoms with Gasteiger partial charge in [0.25, 0.3) is 5.91 Å². The molecule has 0 amide bonds. The second-order valence-corrected chi connectivity index (χ2v) is 5.97. The average Bonchev–Trinajstić information content (AvgIpc) is 2.91. The molecule has 0 aliphatic heterocycles. The lowest BCUT2D eigenvalue weighted by atomic mass is 9.95. The third-order valence-corrected chi connectivity index (χ3v) is 4.02. The molecular formula is C16H20ClN3O2. The molecule has 0 radical (unpaired) electrons. The lowest BCUT2D eigenvalue weighted by Crippen LogP contribution is -2.32. The molecular weight excluding hydrogens is 302 g/mol. The fourth-order valence-corrected chi connectivity index (χ4v) is 2.08. The van der Waals surface area contributed by atoms with Gasteiger partial charge in [-0.3, -0.25) is 4.79 Å². The van der Waals surface area contributed by atoms with E-state index in [9.17, 15) is 4.79 Å². The Morgan fingerprint density at radius 3 is 2.64 bits per heavy atom. The predicted octanol–water partition coefficient (Wildman–Crippen LogP) is 3.56. The van der Waals surface area contributed by atoms with Crippen LogP contribution in [-0.4, -0.2) is 33.2 Å². The number of benzene rings is 1. The Balaban J connectivity index is 2.58. The molecule has 118 valence electrons. The largest absolute Gasteiger partial charge is 0.463 e. The van der Waals surface area contributed by atoms with Crippen molar-refractivity contribution in [2.75, 3.05) is 12.5 Å². The van der Waals surface area contributed by atoms with Crippen molar-refractivity contribution in [3.05, 3.63) is 29.8 Å². The van der Waals surface area contributed by atoms with Crippen LogP contribution < -0.4 is 4.74 Å². The van der Waals surface area contributed by atoms with E-state index in [1.54, 1.807) is 13.8 Å². The van der Waals surface area contributed by atoms with Crippen molar-refractivity contribution < 1.29 is 9.53 Å². The number of ether oxygens (including phenoxy) is 1. The van der Waals surface area contributed by atoms with Crippen LogP contribution in [0.4, 0.5) is 0 Å². The first-order valence-corrected chi connectivity index (χ1v) is 7.70. The van der Waals surface area contributed by atoms with Crippen LogP contribution in [-0.2, 0) is 0 Å². The summed E-state index contributed by atoms with van der Waals surface area (Å²) in [5.74, 6) is 0.465. The van der Waals surface area contributed by atoms with Crippen molar-refractivity contribution in [3.63, 3.8) is 0 Å². The molecule has 0 aliphatic carbocycles. The van der Waals surface area contributed by atoms with E-state index >= 15 is 0 Å². The summed E-state index contributed by atoms with van der Waals surface area (Å²) in [7, 11) is 0. The summed E-state index contributed by atoms with van der Waals surface area (Å²) >= 11 is 5.92. The Kier molecular flexibility index (Phi) is 4.86. The molecule has 0 fully saturated rings. The van der Waals surface area contributed by atoms with E-state index in [1.165, 1.54) is 4.68 Å². The van der Waals surface area contributed by atoms with Crippen molar-refractivity contribution in [1.29, 1.82) is 0 Å². The maximum absolute atomic E-state index is 12.7. The first kappa shape index (κ1) is 16.5. The minimum atomic E-state index is -0.740. The Hall–Kier alpha value is -1.88. The summed E-state index contributed by atoms with van der Waals surface area (Å²) in [5.41, 5.74) is 1.12. The SMILES string of the molecule is CCOc1nc(-c2ccccc2C)n(C(=O)C(C)(C)CCl)n1. The second-order valence-electron chi connectivity index (χ2n) is 5.70. The van der Waals surface area contributed by atoms with E-state index in [2.05, 4.69) is 10.1 Å². The highest BCUT2D eigenvalue weighted by molar-refractivity contribution is 6.20. The van der Waals surface area contributed by atoms with Gasteiger partial charge < -0.3 is 4.74 Å². The van der Waals surface area contributed by atoms with E-state index in [0.717, 1.165) is 11.1 Å². The zero-order chi connectivity index (χ0) is 16.3. The zero-order valence-corrected chi connectivity index (χ0v) is 14.0. The summed E-state index contributed by atoms with van der Waals surface area (Å²) < 4.78 is 6.66. The van der Waals surface area contributed by atoms with Crippen molar-refractivity contribution in [3.8, 4) is 17.4 Å². The van der Waals surface area contributed by atoms with Gasteiger partial charge in [-0.05, 0) is 33.3 Å². The lowest BCUT2D eigenvalue weighted by molar-refractivity contribution is 0.0753. The highest BCUT2D eigenvalue weighted by atomic mass is 35.5. The van der Waals surface area contributed by atoms with Gasteiger partial charge in [0.2, 0.25) is 0 Å². The highest BCUT2D eigenvalue weighted by Crippen LogP contribution is 2.27. The predicted molar refractivity (Wildman–Crippen MR) is 86.5 cm³/mol. The molecule has 0 bridgehead atoms. The molecule has 0 saturated heterocycles. The van der Waals surface area contributed by atoms with Gasteiger partial charge in [0, 0.05) is 11.4 Å². The normalized spacial score (nSPS) is 11.5. The fraction of sp³-hybridized carbons (Fsp3) is 0.438. The zero-order valence-electron chi connectivity index (χ0n) is 13.3. The van der Waals surface area contributed by atoms with Gasteiger partial charge in [-0.1, -0.05) is 24.3 Å². The third-order valence-electron chi connectivity index (χ3n) is 3.35. The molecule has 6 heteroatoms. The van der Waals surface area contributed by atoms with Gasteiger partial charge in [0.1, 0.15) is 0 Å². The minimum absolute atomic E-state index is 0.194. The van der Waals surface area contributed by atoms with Crippen molar-refractivity contribution in [1.82, 2.24) is 14.8 Å². The molecule has 0 saturated carbocycles. The molecule has 0 unspecified atom stereocenters. The molecule has 1 aromatic carbocycles. The minimum Gasteiger partial charge on any atom is -0.463 e. The maximum atomic E-state index is 12.7. The average molecular weight is 322 g/mol. The first-order chi connectivity index (χ1) is 10.4. The smallest absolute Gasteiger partial charge is 0.336 e. The van der Waals surface area contributed by atoms with Crippen LogP contribution in [0.2, 0.25) is 0 Å². The van der Waals surface area contributed by atoms with Crippen LogP contribution in [0.25, 0.3) is 11.4 Å². The molecule has 22 heavy (non-hydrogen) atoms. The third kappa shape index (κ3) is 3.14. The van der Waals surface area contributed by atoms with Crippen LogP contribution in [0.5, 0.6) is 6.01 Å². The number of aromatic nitrogens is 3. The maximum Gasteiger partial charge on any atom is 0.336 e. The van der Waals surface area contributed by atoms with Gasteiger partial charge in [-0.15, -0.1) is 16.7 Å². The van der Waals surface area contributed by atoms with E-state index in [1.807, 2.05) is 38.1 Å². The van der Waals surface area contributed by atoms with E-state index in [0.29, 0.717) is 12.4 Å². The molecule has 1 aromatic heterocycles. The Labute approximate surface area is 135 Å². The monoisotopic (exact) mass is 321 g/mol. The Morgan fingerprint density at radius 2 is 2.05 bits per heavy atom. The summed E-state index contributed by atoms with van der Waals surface area (Å²) in [6.45, 7) is 7.81. The van der Waals surface area contributed by atoms with Crippen LogP contribution in [0, 0.1) is 12.3 Å². The topological polar surface area (TPSA) is 57.0 Å².